The highest BCUT2D eigenvalue weighted by molar-refractivity contribution is 5.52. The van der Waals surface area contributed by atoms with E-state index in [1.54, 1.807) is 0 Å². The van der Waals surface area contributed by atoms with Crippen molar-refractivity contribution in [2.75, 3.05) is 86.8 Å². The molecule has 1 saturated heterocycles. The Morgan fingerprint density at radius 2 is 1.61 bits per heavy atom. The van der Waals surface area contributed by atoms with Crippen LogP contribution in [-0.4, -0.2) is 85.5 Å². The number of nitrogens with two attached hydrogens (primary N) is 1. The summed E-state index contributed by atoms with van der Waals surface area (Å²) in [5, 5.41) is 19.7. The summed E-state index contributed by atoms with van der Waals surface area (Å²) < 4.78 is 0. The zero-order valence-electron chi connectivity index (χ0n) is 21.5. The van der Waals surface area contributed by atoms with E-state index in [9.17, 15) is 0 Å². The van der Waals surface area contributed by atoms with E-state index >= 15 is 0 Å². The molecule has 9 nitrogen and oxygen atoms in total. The summed E-state index contributed by atoms with van der Waals surface area (Å²) in [4.78, 5) is 13.7. The molecule has 0 amide bonds. The number of para-hydroxylation sites is 1. The van der Waals surface area contributed by atoms with Crippen molar-refractivity contribution in [2.24, 2.45) is 11.8 Å². The number of piperazine rings is 1. The number of aliphatic hydroxyl groups excluding tert-OH is 1. The van der Waals surface area contributed by atoms with E-state index < -0.39 is 0 Å². The van der Waals surface area contributed by atoms with Crippen molar-refractivity contribution in [2.45, 2.75) is 32.1 Å². The smallest absolute Gasteiger partial charge is 0.226 e. The third kappa shape index (κ3) is 8.50. The molecule has 198 valence electrons. The fraction of sp³-hybridized carbons (Fsp3) is 0.630. The standard InChI is InChI=1S/C27H44N8O/c28-25-19-26(35-15-13-34(14-16-35)17-18-36)33-27(32-25)31-21-23-9-7-22(8-10-23)20-29-11-4-12-30-24-5-2-1-3-6-24/h1-3,5-6,19,22-23,29-30,36H,4,7-18,20-21H2,(H3,28,31,32,33)/t22-,23-. The normalized spacial score (nSPS) is 20.9. The van der Waals surface area contributed by atoms with Gasteiger partial charge in [0.2, 0.25) is 5.95 Å². The predicted octanol–water partition coefficient (Wildman–Crippen LogP) is 2.48. The minimum atomic E-state index is 0.208. The van der Waals surface area contributed by atoms with Crippen LogP contribution in [0.1, 0.15) is 32.1 Å². The van der Waals surface area contributed by atoms with E-state index in [1.807, 2.05) is 12.1 Å². The zero-order chi connectivity index (χ0) is 25.0. The molecule has 1 aliphatic carbocycles. The molecule has 6 N–H and O–H groups in total. The van der Waals surface area contributed by atoms with Crippen LogP contribution in [0.3, 0.4) is 0 Å². The van der Waals surface area contributed by atoms with Crippen LogP contribution in [0.25, 0.3) is 0 Å². The molecule has 0 atom stereocenters. The Balaban J connectivity index is 1.10. The van der Waals surface area contributed by atoms with Crippen LogP contribution in [0, 0.1) is 11.8 Å². The number of benzene rings is 1. The lowest BCUT2D eigenvalue weighted by Crippen LogP contribution is -2.47. The number of anilines is 4. The second-order valence-corrected chi connectivity index (χ2v) is 10.1. The molecule has 4 rings (SSSR count). The number of nitrogens with one attached hydrogen (secondary N) is 3. The molecule has 1 saturated carbocycles. The molecule has 1 aromatic carbocycles. The van der Waals surface area contributed by atoms with Gasteiger partial charge >= 0.3 is 0 Å². The molecule has 2 aliphatic rings. The van der Waals surface area contributed by atoms with E-state index in [4.69, 9.17) is 15.8 Å². The first kappa shape index (κ1) is 26.4. The molecule has 0 unspecified atom stereocenters. The van der Waals surface area contributed by atoms with Crippen molar-refractivity contribution in [1.29, 1.82) is 0 Å². The van der Waals surface area contributed by atoms with Crippen LogP contribution in [-0.2, 0) is 0 Å². The Hall–Kier alpha value is -2.62. The molecule has 0 radical (unpaired) electrons. The van der Waals surface area contributed by atoms with Crippen molar-refractivity contribution in [3.8, 4) is 0 Å². The average Bonchev–Trinajstić information content (AvgIpc) is 2.91. The van der Waals surface area contributed by atoms with Gasteiger partial charge in [0.1, 0.15) is 11.6 Å². The van der Waals surface area contributed by atoms with Crippen molar-refractivity contribution >= 4 is 23.3 Å². The second-order valence-electron chi connectivity index (χ2n) is 10.1. The maximum Gasteiger partial charge on any atom is 0.226 e. The topological polar surface area (TPSA) is 115 Å². The van der Waals surface area contributed by atoms with Gasteiger partial charge in [0.05, 0.1) is 6.61 Å². The van der Waals surface area contributed by atoms with Crippen molar-refractivity contribution < 1.29 is 5.11 Å². The summed E-state index contributed by atoms with van der Waals surface area (Å²) in [5.74, 6) is 3.47. The van der Waals surface area contributed by atoms with E-state index in [2.05, 4.69) is 55.0 Å². The lowest BCUT2D eigenvalue weighted by molar-refractivity contribution is 0.188. The van der Waals surface area contributed by atoms with Gasteiger partial charge in [0.25, 0.3) is 0 Å². The van der Waals surface area contributed by atoms with Crippen LogP contribution in [0.2, 0.25) is 0 Å². The van der Waals surface area contributed by atoms with Crippen molar-refractivity contribution in [1.82, 2.24) is 20.2 Å². The first-order valence-corrected chi connectivity index (χ1v) is 13.7. The molecule has 36 heavy (non-hydrogen) atoms. The Kier molecular flexibility index (Phi) is 10.4. The molecular weight excluding hydrogens is 452 g/mol. The van der Waals surface area contributed by atoms with Gasteiger partial charge in [-0.25, -0.2) is 0 Å². The van der Waals surface area contributed by atoms with Crippen LogP contribution in [0.4, 0.5) is 23.3 Å². The van der Waals surface area contributed by atoms with Gasteiger partial charge in [0, 0.05) is 57.6 Å². The van der Waals surface area contributed by atoms with Gasteiger partial charge in [0.15, 0.2) is 0 Å². The average molecular weight is 497 g/mol. The summed E-state index contributed by atoms with van der Waals surface area (Å²) in [6, 6.07) is 12.3. The number of aliphatic hydroxyl groups is 1. The van der Waals surface area contributed by atoms with Gasteiger partial charge < -0.3 is 31.7 Å². The Labute approximate surface area is 215 Å². The van der Waals surface area contributed by atoms with E-state index in [0.717, 1.165) is 77.1 Å². The molecule has 2 heterocycles. The number of nitrogen functional groups attached to an aromatic ring is 1. The maximum atomic E-state index is 9.15. The van der Waals surface area contributed by atoms with Gasteiger partial charge in [-0.3, -0.25) is 4.90 Å². The summed E-state index contributed by atoms with van der Waals surface area (Å²) in [6.07, 6.45) is 6.19. The molecular formula is C27H44N8O. The Bertz CT molecular complexity index is 883. The zero-order valence-corrected chi connectivity index (χ0v) is 21.5. The van der Waals surface area contributed by atoms with Gasteiger partial charge in [-0.15, -0.1) is 0 Å². The van der Waals surface area contributed by atoms with E-state index in [1.165, 1.54) is 31.4 Å². The number of hydrogen-bond acceptors (Lipinski definition) is 9. The Morgan fingerprint density at radius 3 is 2.33 bits per heavy atom. The number of hydrogen-bond donors (Lipinski definition) is 5. The number of β-amino-alcohol motifs (C(OH)–C–C–N with tert-alkyl or cyclic N) is 1. The van der Waals surface area contributed by atoms with Crippen molar-refractivity contribution in [3.05, 3.63) is 36.4 Å². The highest BCUT2D eigenvalue weighted by Crippen LogP contribution is 2.28. The maximum absolute atomic E-state index is 9.15. The monoisotopic (exact) mass is 496 g/mol. The first-order valence-electron chi connectivity index (χ1n) is 13.7. The molecule has 1 aliphatic heterocycles. The highest BCUT2D eigenvalue weighted by atomic mass is 16.3. The summed E-state index contributed by atoms with van der Waals surface area (Å²) in [7, 11) is 0. The van der Waals surface area contributed by atoms with E-state index in [0.29, 0.717) is 17.7 Å². The quantitative estimate of drug-likeness (QED) is 0.267. The van der Waals surface area contributed by atoms with Crippen LogP contribution in [0.15, 0.2) is 36.4 Å². The minimum Gasteiger partial charge on any atom is -0.395 e. The Morgan fingerprint density at radius 1 is 0.889 bits per heavy atom. The molecule has 2 fully saturated rings. The summed E-state index contributed by atoms with van der Waals surface area (Å²) >= 11 is 0. The minimum absolute atomic E-state index is 0.208. The fourth-order valence-corrected chi connectivity index (χ4v) is 5.22. The molecule has 0 bridgehead atoms. The van der Waals surface area contributed by atoms with Crippen LogP contribution in [0.5, 0.6) is 0 Å². The lowest BCUT2D eigenvalue weighted by Gasteiger charge is -2.35. The van der Waals surface area contributed by atoms with Gasteiger partial charge in [-0.2, -0.15) is 9.97 Å². The largest absolute Gasteiger partial charge is 0.395 e. The second kappa shape index (κ2) is 14.2. The highest BCUT2D eigenvalue weighted by Gasteiger charge is 2.22. The van der Waals surface area contributed by atoms with Crippen LogP contribution >= 0.6 is 0 Å². The molecule has 0 spiro atoms. The number of aromatic nitrogens is 2. The summed E-state index contributed by atoms with van der Waals surface area (Å²) in [5.41, 5.74) is 7.30. The van der Waals surface area contributed by atoms with Crippen LogP contribution < -0.4 is 26.6 Å². The van der Waals surface area contributed by atoms with E-state index in [-0.39, 0.29) is 6.61 Å². The lowest BCUT2D eigenvalue weighted by atomic mass is 9.82. The third-order valence-electron chi connectivity index (χ3n) is 7.43. The SMILES string of the molecule is Nc1cc(N2CCN(CCO)CC2)nc(NC[C@H]2CC[C@H](CNCCCNc3ccccc3)CC2)n1. The molecule has 2 aromatic rings. The number of rotatable bonds is 13. The number of nitrogens with zero attached hydrogens (tertiary/aromatic N) is 4. The third-order valence-corrected chi connectivity index (χ3v) is 7.43. The predicted molar refractivity (Wildman–Crippen MR) is 149 cm³/mol. The van der Waals surface area contributed by atoms with Gasteiger partial charge in [-0.1, -0.05) is 18.2 Å². The first-order chi connectivity index (χ1) is 17.7. The molecule has 1 aromatic heterocycles. The van der Waals surface area contributed by atoms with Crippen molar-refractivity contribution in [3.63, 3.8) is 0 Å². The van der Waals surface area contributed by atoms with Gasteiger partial charge in [-0.05, 0) is 69.2 Å². The molecule has 9 heteroatoms. The summed E-state index contributed by atoms with van der Waals surface area (Å²) in [6.45, 7) is 8.66. The fourth-order valence-electron chi connectivity index (χ4n) is 5.22.